The van der Waals surface area contributed by atoms with Crippen LogP contribution in [0.25, 0.3) is 0 Å². The summed E-state index contributed by atoms with van der Waals surface area (Å²) in [7, 11) is 2.25. The summed E-state index contributed by atoms with van der Waals surface area (Å²) in [6, 6.07) is 9.39. The molecule has 1 aromatic carbocycles. The Morgan fingerprint density at radius 3 is 2.58 bits per heavy atom. The lowest BCUT2D eigenvalue weighted by Gasteiger charge is -2.26. The van der Waals surface area contributed by atoms with Crippen LogP contribution in [0.3, 0.4) is 0 Å². The first-order valence-electron chi connectivity index (χ1n) is 10.7. The molecule has 0 spiro atoms. The SMILES string of the molecule is CN1CCC[C@@H]1CCNCc1ccc(OCCCN2CCCCC2)cc1. The summed E-state index contributed by atoms with van der Waals surface area (Å²) in [4.78, 5) is 5.07. The maximum Gasteiger partial charge on any atom is 0.119 e. The number of nitrogens with zero attached hydrogens (tertiary/aromatic N) is 2. The molecule has 0 radical (unpaired) electrons. The minimum absolute atomic E-state index is 0.781. The van der Waals surface area contributed by atoms with Gasteiger partial charge in [0.25, 0.3) is 0 Å². The van der Waals surface area contributed by atoms with Crippen LogP contribution in [0.2, 0.25) is 0 Å². The predicted octanol–water partition coefficient (Wildman–Crippen LogP) is 3.52. The van der Waals surface area contributed by atoms with Crippen molar-refractivity contribution < 1.29 is 4.74 Å². The zero-order chi connectivity index (χ0) is 18.0. The van der Waals surface area contributed by atoms with Crippen molar-refractivity contribution in [2.45, 2.75) is 57.5 Å². The second-order valence-corrected chi connectivity index (χ2v) is 7.99. The van der Waals surface area contributed by atoms with Crippen LogP contribution in [-0.2, 0) is 6.54 Å². The first-order valence-corrected chi connectivity index (χ1v) is 10.7. The van der Waals surface area contributed by atoms with Crippen LogP contribution in [0.4, 0.5) is 0 Å². The Morgan fingerprint density at radius 1 is 1.04 bits per heavy atom. The first-order chi connectivity index (χ1) is 12.8. The third-order valence-corrected chi connectivity index (χ3v) is 5.91. The lowest BCUT2D eigenvalue weighted by Crippen LogP contribution is -2.31. The third kappa shape index (κ3) is 6.57. The van der Waals surface area contributed by atoms with Crippen molar-refractivity contribution in [3.05, 3.63) is 29.8 Å². The second-order valence-electron chi connectivity index (χ2n) is 7.99. The average molecular weight is 360 g/mol. The predicted molar refractivity (Wildman–Crippen MR) is 109 cm³/mol. The van der Waals surface area contributed by atoms with E-state index >= 15 is 0 Å². The number of ether oxygens (including phenoxy) is 1. The van der Waals surface area contributed by atoms with Crippen LogP contribution in [0.5, 0.6) is 5.75 Å². The normalized spacial score (nSPS) is 22.0. The largest absolute Gasteiger partial charge is 0.494 e. The Bertz CT molecular complexity index is 499. The molecule has 1 N–H and O–H groups in total. The van der Waals surface area contributed by atoms with Crippen LogP contribution < -0.4 is 10.1 Å². The van der Waals surface area contributed by atoms with Gasteiger partial charge in [-0.3, -0.25) is 0 Å². The zero-order valence-electron chi connectivity index (χ0n) is 16.6. The molecule has 4 nitrogen and oxygen atoms in total. The summed E-state index contributed by atoms with van der Waals surface area (Å²) in [6.07, 6.45) is 9.25. The van der Waals surface area contributed by atoms with Gasteiger partial charge in [-0.25, -0.2) is 0 Å². The molecule has 2 aliphatic heterocycles. The molecule has 2 aliphatic rings. The van der Waals surface area contributed by atoms with Crippen molar-refractivity contribution in [1.82, 2.24) is 15.1 Å². The molecule has 0 saturated carbocycles. The van der Waals surface area contributed by atoms with Crippen molar-refractivity contribution in [3.63, 3.8) is 0 Å². The topological polar surface area (TPSA) is 27.7 Å². The zero-order valence-corrected chi connectivity index (χ0v) is 16.6. The van der Waals surface area contributed by atoms with Crippen LogP contribution in [-0.4, -0.2) is 62.2 Å². The Morgan fingerprint density at radius 2 is 1.85 bits per heavy atom. The Balaban J connectivity index is 1.25. The summed E-state index contributed by atoms with van der Waals surface area (Å²) in [5.41, 5.74) is 1.34. The fraction of sp³-hybridized carbons (Fsp3) is 0.727. The molecular weight excluding hydrogens is 322 g/mol. The molecule has 0 unspecified atom stereocenters. The number of hydrogen-bond donors (Lipinski definition) is 1. The number of benzene rings is 1. The molecule has 4 heteroatoms. The van der Waals surface area contributed by atoms with Crippen molar-refractivity contribution in [3.8, 4) is 5.75 Å². The van der Waals surface area contributed by atoms with Crippen LogP contribution in [0.15, 0.2) is 24.3 Å². The Hall–Kier alpha value is -1.10. The van der Waals surface area contributed by atoms with Gasteiger partial charge in [0.2, 0.25) is 0 Å². The number of piperidine rings is 1. The van der Waals surface area contributed by atoms with Gasteiger partial charge in [-0.15, -0.1) is 0 Å². The van der Waals surface area contributed by atoms with E-state index in [2.05, 4.69) is 46.4 Å². The minimum atomic E-state index is 0.781. The fourth-order valence-corrected chi connectivity index (χ4v) is 4.21. The second kappa shape index (κ2) is 10.9. The van der Waals surface area contributed by atoms with Crippen LogP contribution in [0, 0.1) is 0 Å². The lowest BCUT2D eigenvalue weighted by molar-refractivity contribution is 0.205. The molecule has 26 heavy (non-hydrogen) atoms. The lowest BCUT2D eigenvalue weighted by atomic mass is 10.1. The highest BCUT2D eigenvalue weighted by Crippen LogP contribution is 2.17. The number of rotatable bonds is 10. The summed E-state index contributed by atoms with van der Waals surface area (Å²) >= 11 is 0. The molecule has 0 aromatic heterocycles. The maximum absolute atomic E-state index is 5.90. The van der Waals surface area contributed by atoms with Crippen molar-refractivity contribution >= 4 is 0 Å². The molecule has 2 saturated heterocycles. The van der Waals surface area contributed by atoms with Gasteiger partial charge in [0.1, 0.15) is 5.75 Å². The van der Waals surface area contributed by atoms with Gasteiger partial charge >= 0.3 is 0 Å². The summed E-state index contributed by atoms with van der Waals surface area (Å²) < 4.78 is 5.90. The molecule has 1 aromatic rings. The molecule has 2 heterocycles. The van der Waals surface area contributed by atoms with Crippen molar-refractivity contribution in [1.29, 1.82) is 0 Å². The highest BCUT2D eigenvalue weighted by molar-refractivity contribution is 5.27. The summed E-state index contributed by atoms with van der Waals surface area (Å²) in [5.74, 6) is 1.000. The van der Waals surface area contributed by atoms with E-state index in [1.807, 2.05) is 0 Å². The van der Waals surface area contributed by atoms with E-state index in [1.54, 1.807) is 0 Å². The van der Waals surface area contributed by atoms with Crippen molar-refractivity contribution in [2.75, 3.05) is 46.4 Å². The Labute approximate surface area is 159 Å². The van der Waals surface area contributed by atoms with Gasteiger partial charge in [-0.05, 0) is 89.4 Å². The molecule has 1 atom stereocenters. The molecule has 2 fully saturated rings. The van der Waals surface area contributed by atoms with E-state index < -0.39 is 0 Å². The molecular formula is C22H37N3O. The number of hydrogen-bond acceptors (Lipinski definition) is 4. The van der Waals surface area contributed by atoms with E-state index in [1.165, 1.54) is 70.3 Å². The third-order valence-electron chi connectivity index (χ3n) is 5.91. The average Bonchev–Trinajstić information content (AvgIpc) is 3.09. The van der Waals surface area contributed by atoms with Crippen LogP contribution in [0.1, 0.15) is 50.5 Å². The van der Waals surface area contributed by atoms with E-state index in [4.69, 9.17) is 4.74 Å². The van der Waals surface area contributed by atoms with Gasteiger partial charge in [-0.2, -0.15) is 0 Å². The molecule has 0 amide bonds. The van der Waals surface area contributed by atoms with E-state index in [0.717, 1.165) is 37.9 Å². The summed E-state index contributed by atoms with van der Waals surface area (Å²) in [5, 5.41) is 3.58. The van der Waals surface area contributed by atoms with Gasteiger partial charge in [-0.1, -0.05) is 18.6 Å². The first kappa shape index (κ1) is 19.7. The van der Waals surface area contributed by atoms with Crippen LogP contribution >= 0.6 is 0 Å². The molecule has 0 aliphatic carbocycles. The highest BCUT2D eigenvalue weighted by atomic mass is 16.5. The highest BCUT2D eigenvalue weighted by Gasteiger charge is 2.19. The summed E-state index contributed by atoms with van der Waals surface area (Å²) in [6.45, 7) is 7.87. The number of likely N-dealkylation sites (tertiary alicyclic amines) is 2. The van der Waals surface area contributed by atoms with Gasteiger partial charge in [0, 0.05) is 19.1 Å². The smallest absolute Gasteiger partial charge is 0.119 e. The monoisotopic (exact) mass is 359 g/mol. The van der Waals surface area contributed by atoms with Gasteiger partial charge in [0.05, 0.1) is 6.61 Å². The molecule has 146 valence electrons. The fourth-order valence-electron chi connectivity index (χ4n) is 4.21. The standard InChI is InChI=1S/C22H37N3O/c1-24-14-5-7-21(24)12-13-23-19-20-8-10-22(11-9-20)26-18-6-17-25-15-3-2-4-16-25/h8-11,21,23H,2-7,12-19H2,1H3/t21-/m1/s1. The van der Waals surface area contributed by atoms with Gasteiger partial charge < -0.3 is 19.9 Å². The molecule has 0 bridgehead atoms. The number of nitrogens with one attached hydrogen (secondary N) is 1. The quantitative estimate of drug-likeness (QED) is 0.647. The van der Waals surface area contributed by atoms with E-state index in [0.29, 0.717) is 0 Å². The minimum Gasteiger partial charge on any atom is -0.494 e. The molecule has 3 rings (SSSR count). The Kier molecular flexibility index (Phi) is 8.24. The van der Waals surface area contributed by atoms with E-state index in [-0.39, 0.29) is 0 Å². The van der Waals surface area contributed by atoms with Crippen molar-refractivity contribution in [2.24, 2.45) is 0 Å². The maximum atomic E-state index is 5.90. The van der Waals surface area contributed by atoms with Gasteiger partial charge in [0.15, 0.2) is 0 Å². The van der Waals surface area contributed by atoms with E-state index in [9.17, 15) is 0 Å².